The Morgan fingerprint density at radius 1 is 1.53 bits per heavy atom. The van der Waals surface area contributed by atoms with E-state index in [-0.39, 0.29) is 5.91 Å². The van der Waals surface area contributed by atoms with Crippen LogP contribution in [0.1, 0.15) is 6.92 Å². The van der Waals surface area contributed by atoms with Gasteiger partial charge in [-0.1, -0.05) is 11.6 Å². The number of carbonyl (C=O) groups is 1. The minimum atomic E-state index is -2.48. The number of nitrogens with one attached hydrogen (secondary N) is 1. The fourth-order valence-corrected chi connectivity index (χ4v) is 1.56. The van der Waals surface area contributed by atoms with Gasteiger partial charge in [-0.05, 0) is 32.2 Å². The molecule has 106 valence electrons. The zero-order valence-corrected chi connectivity index (χ0v) is 11.4. The van der Waals surface area contributed by atoms with Crippen molar-refractivity contribution in [3.05, 3.63) is 23.2 Å². The van der Waals surface area contributed by atoms with Crippen molar-refractivity contribution in [2.75, 3.05) is 24.6 Å². The van der Waals surface area contributed by atoms with Crippen molar-refractivity contribution < 1.29 is 13.6 Å². The first kappa shape index (κ1) is 15.7. The molecule has 0 spiro atoms. The summed E-state index contributed by atoms with van der Waals surface area (Å²) in [4.78, 5) is 13.1. The average Bonchev–Trinajstić information content (AvgIpc) is 2.32. The minimum Gasteiger partial charge on any atom is -0.397 e. The van der Waals surface area contributed by atoms with E-state index < -0.39 is 19.0 Å². The quantitative estimate of drug-likeness (QED) is 0.819. The summed E-state index contributed by atoms with van der Waals surface area (Å²) in [5.41, 5.74) is 6.42. The lowest BCUT2D eigenvalue weighted by Gasteiger charge is -2.23. The average molecular weight is 292 g/mol. The molecular weight excluding hydrogens is 276 g/mol. The highest BCUT2D eigenvalue weighted by Crippen LogP contribution is 2.22. The van der Waals surface area contributed by atoms with Crippen molar-refractivity contribution in [1.29, 1.82) is 0 Å². The van der Waals surface area contributed by atoms with Crippen LogP contribution in [0.25, 0.3) is 0 Å². The highest BCUT2D eigenvalue weighted by molar-refractivity contribution is 6.33. The molecular formula is C12H16ClF2N3O. The Kier molecular flexibility index (Phi) is 5.50. The van der Waals surface area contributed by atoms with Gasteiger partial charge in [0.15, 0.2) is 0 Å². The van der Waals surface area contributed by atoms with Crippen LogP contribution < -0.4 is 11.1 Å². The topological polar surface area (TPSA) is 58.4 Å². The molecule has 1 aromatic rings. The molecule has 0 aliphatic rings. The second-order valence-corrected chi connectivity index (χ2v) is 4.64. The van der Waals surface area contributed by atoms with E-state index in [2.05, 4.69) is 5.32 Å². The third kappa shape index (κ3) is 4.65. The number of nitrogens with zero attached hydrogens (tertiary/aromatic N) is 1. The summed E-state index contributed by atoms with van der Waals surface area (Å²) in [7, 11) is 1.46. The Morgan fingerprint density at radius 2 is 2.16 bits per heavy atom. The first-order valence-corrected chi connectivity index (χ1v) is 6.03. The summed E-state index contributed by atoms with van der Waals surface area (Å²) in [6.07, 6.45) is -2.48. The van der Waals surface area contributed by atoms with Gasteiger partial charge in [-0.25, -0.2) is 8.78 Å². The highest BCUT2D eigenvalue weighted by atomic mass is 35.5. The molecule has 0 saturated carbocycles. The second kappa shape index (κ2) is 6.68. The van der Waals surface area contributed by atoms with Crippen molar-refractivity contribution in [3.8, 4) is 0 Å². The molecule has 0 radical (unpaired) electrons. The number of hydrogen-bond acceptors (Lipinski definition) is 3. The van der Waals surface area contributed by atoms with Gasteiger partial charge in [0, 0.05) is 5.69 Å². The normalized spacial score (nSPS) is 12.8. The first-order valence-electron chi connectivity index (χ1n) is 5.65. The summed E-state index contributed by atoms with van der Waals surface area (Å²) < 4.78 is 24.5. The molecule has 1 atom stereocenters. The van der Waals surface area contributed by atoms with Gasteiger partial charge < -0.3 is 11.1 Å². The molecule has 3 N–H and O–H groups in total. The van der Waals surface area contributed by atoms with E-state index in [1.807, 2.05) is 0 Å². The van der Waals surface area contributed by atoms with Crippen LogP contribution in [0.3, 0.4) is 0 Å². The number of benzene rings is 1. The third-order valence-electron chi connectivity index (χ3n) is 2.73. The SMILES string of the molecule is CC(C(=O)Nc1ccc(Cl)c(N)c1)N(C)CC(F)F. The molecule has 0 bridgehead atoms. The van der Waals surface area contributed by atoms with Crippen LogP contribution >= 0.6 is 11.6 Å². The van der Waals surface area contributed by atoms with E-state index >= 15 is 0 Å². The lowest BCUT2D eigenvalue weighted by molar-refractivity contribution is -0.120. The van der Waals surface area contributed by atoms with E-state index in [1.165, 1.54) is 18.0 Å². The summed E-state index contributed by atoms with van der Waals surface area (Å²) in [6.45, 7) is 1.09. The number of carbonyl (C=O) groups excluding carboxylic acids is 1. The van der Waals surface area contributed by atoms with E-state index in [0.717, 1.165) is 0 Å². The van der Waals surface area contributed by atoms with Crippen LogP contribution in [-0.4, -0.2) is 36.9 Å². The lowest BCUT2D eigenvalue weighted by Crippen LogP contribution is -2.41. The largest absolute Gasteiger partial charge is 0.397 e. The van der Waals surface area contributed by atoms with E-state index in [4.69, 9.17) is 17.3 Å². The monoisotopic (exact) mass is 291 g/mol. The molecule has 0 aliphatic heterocycles. The number of amides is 1. The zero-order chi connectivity index (χ0) is 14.6. The highest BCUT2D eigenvalue weighted by Gasteiger charge is 2.20. The summed E-state index contributed by atoms with van der Waals surface area (Å²) in [5, 5.41) is 2.99. The predicted octanol–water partition coefficient (Wildman–Crippen LogP) is 2.45. The first-order chi connectivity index (χ1) is 8.81. The predicted molar refractivity (Wildman–Crippen MR) is 72.6 cm³/mol. The maximum Gasteiger partial charge on any atom is 0.251 e. The molecule has 1 amide bonds. The summed E-state index contributed by atoms with van der Waals surface area (Å²) in [6, 6.07) is 3.99. The third-order valence-corrected chi connectivity index (χ3v) is 3.07. The van der Waals surface area contributed by atoms with Crippen LogP contribution in [0.4, 0.5) is 20.2 Å². The van der Waals surface area contributed by atoms with E-state index in [9.17, 15) is 13.6 Å². The number of rotatable bonds is 5. The van der Waals surface area contributed by atoms with Crippen molar-refractivity contribution in [1.82, 2.24) is 4.90 Å². The van der Waals surface area contributed by atoms with E-state index in [0.29, 0.717) is 16.4 Å². The molecule has 1 unspecified atom stereocenters. The number of alkyl halides is 2. The molecule has 7 heteroatoms. The molecule has 1 aromatic carbocycles. The van der Waals surface area contributed by atoms with Gasteiger partial charge in [0.2, 0.25) is 5.91 Å². The Morgan fingerprint density at radius 3 is 2.68 bits per heavy atom. The van der Waals surface area contributed by atoms with Gasteiger partial charge in [0.1, 0.15) is 0 Å². The number of hydrogen-bond donors (Lipinski definition) is 2. The maximum absolute atomic E-state index is 12.2. The Balaban J connectivity index is 2.65. The molecule has 4 nitrogen and oxygen atoms in total. The van der Waals surface area contributed by atoms with Gasteiger partial charge in [0.05, 0.1) is 23.3 Å². The van der Waals surface area contributed by atoms with Crippen molar-refractivity contribution in [2.24, 2.45) is 0 Å². The Hall–Kier alpha value is -1.40. The summed E-state index contributed by atoms with van der Waals surface area (Å²) in [5.74, 6) is -0.384. The number of anilines is 2. The van der Waals surface area contributed by atoms with Gasteiger partial charge in [-0.2, -0.15) is 0 Å². The van der Waals surface area contributed by atoms with Gasteiger partial charge in [-0.15, -0.1) is 0 Å². The van der Waals surface area contributed by atoms with Crippen LogP contribution in [0.5, 0.6) is 0 Å². The van der Waals surface area contributed by atoms with Crippen LogP contribution in [0.2, 0.25) is 5.02 Å². The fourth-order valence-electron chi connectivity index (χ4n) is 1.44. The second-order valence-electron chi connectivity index (χ2n) is 4.23. The van der Waals surface area contributed by atoms with Gasteiger partial charge in [-0.3, -0.25) is 9.69 Å². The van der Waals surface area contributed by atoms with Gasteiger partial charge in [0.25, 0.3) is 6.43 Å². The minimum absolute atomic E-state index is 0.341. The Bertz CT molecular complexity index is 457. The standard InChI is InChI=1S/C12H16ClF2N3O/c1-7(18(2)6-11(14)15)12(19)17-8-3-4-9(13)10(16)5-8/h3-5,7,11H,6,16H2,1-2H3,(H,17,19). The lowest BCUT2D eigenvalue weighted by atomic mass is 10.2. The van der Waals surface area contributed by atoms with Crippen molar-refractivity contribution in [2.45, 2.75) is 19.4 Å². The van der Waals surface area contributed by atoms with Crippen molar-refractivity contribution in [3.63, 3.8) is 0 Å². The van der Waals surface area contributed by atoms with Crippen LogP contribution in [-0.2, 0) is 4.79 Å². The van der Waals surface area contributed by atoms with Crippen LogP contribution in [0, 0.1) is 0 Å². The molecule has 0 heterocycles. The molecule has 0 fully saturated rings. The smallest absolute Gasteiger partial charge is 0.251 e. The van der Waals surface area contributed by atoms with Crippen LogP contribution in [0.15, 0.2) is 18.2 Å². The Labute approximate surface area is 115 Å². The molecule has 0 aliphatic carbocycles. The molecule has 19 heavy (non-hydrogen) atoms. The summed E-state index contributed by atoms with van der Waals surface area (Å²) >= 11 is 5.76. The van der Waals surface area contributed by atoms with Crippen molar-refractivity contribution >= 4 is 28.9 Å². The molecule has 0 aromatic heterocycles. The number of nitrogen functional groups attached to an aromatic ring is 1. The number of halogens is 3. The van der Waals surface area contributed by atoms with E-state index in [1.54, 1.807) is 19.1 Å². The zero-order valence-electron chi connectivity index (χ0n) is 10.7. The maximum atomic E-state index is 12.2. The number of nitrogens with two attached hydrogens (primary N) is 1. The fraction of sp³-hybridized carbons (Fsp3) is 0.417. The molecule has 0 saturated heterocycles. The number of likely N-dealkylation sites (N-methyl/N-ethyl adjacent to an activating group) is 1. The van der Waals surface area contributed by atoms with Gasteiger partial charge >= 0.3 is 0 Å². The molecule has 1 rings (SSSR count).